The Bertz CT molecular complexity index is 700. The van der Waals surface area contributed by atoms with Gasteiger partial charge >= 0.3 is 0 Å². The summed E-state index contributed by atoms with van der Waals surface area (Å²) in [4.78, 5) is 16.2. The van der Waals surface area contributed by atoms with Crippen LogP contribution in [0.4, 0.5) is 10.8 Å². The molecule has 142 valence electrons. The maximum absolute atomic E-state index is 12.4. The van der Waals surface area contributed by atoms with Gasteiger partial charge in [0.05, 0.1) is 5.75 Å². The van der Waals surface area contributed by atoms with Crippen LogP contribution >= 0.6 is 23.1 Å². The highest BCUT2D eigenvalue weighted by atomic mass is 32.2. The lowest BCUT2D eigenvalue weighted by Crippen LogP contribution is -2.27. The van der Waals surface area contributed by atoms with E-state index in [4.69, 9.17) is 0 Å². The third-order valence-electron chi connectivity index (χ3n) is 3.69. The average Bonchev–Trinajstić information content (AvgIpc) is 3.06. The summed E-state index contributed by atoms with van der Waals surface area (Å²) in [6.07, 6.45) is 0. The first-order valence-corrected chi connectivity index (χ1v) is 10.4. The lowest BCUT2D eigenvalue weighted by atomic mass is 10.2. The molecule has 0 aliphatic carbocycles. The van der Waals surface area contributed by atoms with E-state index in [1.54, 1.807) is 4.90 Å². The first-order valence-electron chi connectivity index (χ1n) is 8.55. The lowest BCUT2D eigenvalue weighted by molar-refractivity contribution is -0.127. The van der Waals surface area contributed by atoms with Crippen molar-refractivity contribution in [2.45, 2.75) is 24.7 Å². The van der Waals surface area contributed by atoms with Crippen molar-refractivity contribution in [2.24, 2.45) is 5.92 Å². The highest BCUT2D eigenvalue weighted by Crippen LogP contribution is 2.26. The number of hydrogen-bond acceptors (Lipinski definition) is 7. The molecule has 0 spiro atoms. The number of nitrogens with zero attached hydrogens (tertiary/aromatic N) is 4. The summed E-state index contributed by atoms with van der Waals surface area (Å²) in [5, 5.41) is 12.3. The number of thioether (sulfide) groups is 1. The van der Waals surface area contributed by atoms with Crippen LogP contribution in [0.1, 0.15) is 19.4 Å². The van der Waals surface area contributed by atoms with E-state index in [0.29, 0.717) is 18.2 Å². The summed E-state index contributed by atoms with van der Waals surface area (Å²) in [7, 11) is 5.86. The monoisotopic (exact) mass is 393 g/mol. The number of rotatable bonds is 9. The Morgan fingerprint density at radius 2 is 1.88 bits per heavy atom. The molecule has 0 fully saturated rings. The van der Waals surface area contributed by atoms with Gasteiger partial charge in [0.1, 0.15) is 0 Å². The van der Waals surface area contributed by atoms with Gasteiger partial charge in [0, 0.05) is 39.9 Å². The summed E-state index contributed by atoms with van der Waals surface area (Å²) < 4.78 is 0.813. The van der Waals surface area contributed by atoms with Crippen LogP contribution in [0, 0.1) is 5.92 Å². The number of aromatic nitrogens is 2. The van der Waals surface area contributed by atoms with Crippen LogP contribution in [0.3, 0.4) is 0 Å². The van der Waals surface area contributed by atoms with Crippen molar-refractivity contribution >= 4 is 39.8 Å². The van der Waals surface area contributed by atoms with Crippen LogP contribution in [0.2, 0.25) is 0 Å². The standard InChI is InChI=1S/C18H27N5OS2/c1-13(2)10-19-17-20-21-18(26-17)25-12-16(24)23(5)11-14-6-8-15(9-7-14)22(3)4/h6-9,13H,10-12H2,1-5H3,(H,19,20). The number of hydrogen-bond donors (Lipinski definition) is 1. The highest BCUT2D eigenvalue weighted by molar-refractivity contribution is 8.01. The van der Waals surface area contributed by atoms with E-state index in [9.17, 15) is 4.79 Å². The fourth-order valence-electron chi connectivity index (χ4n) is 2.13. The van der Waals surface area contributed by atoms with E-state index in [-0.39, 0.29) is 5.91 Å². The molecule has 6 nitrogen and oxygen atoms in total. The Hall–Kier alpha value is -1.80. The summed E-state index contributed by atoms with van der Waals surface area (Å²) in [5.41, 5.74) is 2.27. The Balaban J connectivity index is 1.79. The van der Waals surface area contributed by atoms with E-state index in [0.717, 1.165) is 27.3 Å². The van der Waals surface area contributed by atoms with E-state index < -0.39 is 0 Å². The number of carbonyl (C=O) groups is 1. The van der Waals surface area contributed by atoms with Gasteiger partial charge in [-0.2, -0.15) is 0 Å². The largest absolute Gasteiger partial charge is 0.378 e. The van der Waals surface area contributed by atoms with Crippen LogP contribution in [0.25, 0.3) is 0 Å². The molecule has 1 N–H and O–H groups in total. The van der Waals surface area contributed by atoms with Gasteiger partial charge in [-0.3, -0.25) is 4.79 Å². The summed E-state index contributed by atoms with van der Waals surface area (Å²) >= 11 is 2.93. The Labute approximate surface area is 164 Å². The van der Waals surface area contributed by atoms with E-state index in [1.165, 1.54) is 23.1 Å². The van der Waals surface area contributed by atoms with Crippen molar-refractivity contribution < 1.29 is 4.79 Å². The van der Waals surface area contributed by atoms with Crippen molar-refractivity contribution in [3.63, 3.8) is 0 Å². The van der Waals surface area contributed by atoms with Crippen molar-refractivity contribution in [1.82, 2.24) is 15.1 Å². The summed E-state index contributed by atoms with van der Waals surface area (Å²) in [5.74, 6) is 1.00. The van der Waals surface area contributed by atoms with Crippen molar-refractivity contribution in [3.8, 4) is 0 Å². The second-order valence-electron chi connectivity index (χ2n) is 6.75. The number of anilines is 2. The van der Waals surface area contributed by atoms with Crippen LogP contribution < -0.4 is 10.2 Å². The van der Waals surface area contributed by atoms with Crippen LogP contribution in [-0.4, -0.2) is 54.4 Å². The third-order valence-corrected chi connectivity index (χ3v) is 5.68. The predicted octanol–water partition coefficient (Wildman–Crippen LogP) is 3.42. The highest BCUT2D eigenvalue weighted by Gasteiger charge is 2.12. The minimum atomic E-state index is 0.0820. The molecular weight excluding hydrogens is 366 g/mol. The Morgan fingerprint density at radius 3 is 2.50 bits per heavy atom. The van der Waals surface area contributed by atoms with Crippen LogP contribution in [0.5, 0.6) is 0 Å². The quantitative estimate of drug-likeness (QED) is 0.659. The second-order valence-corrected chi connectivity index (χ2v) is 8.95. The maximum Gasteiger partial charge on any atom is 0.233 e. The fraction of sp³-hybridized carbons (Fsp3) is 0.500. The minimum absolute atomic E-state index is 0.0820. The van der Waals surface area contributed by atoms with Gasteiger partial charge in [0.2, 0.25) is 11.0 Å². The molecule has 1 amide bonds. The van der Waals surface area contributed by atoms with Gasteiger partial charge in [-0.25, -0.2) is 0 Å². The second kappa shape index (κ2) is 9.78. The zero-order chi connectivity index (χ0) is 19.1. The van der Waals surface area contributed by atoms with Gasteiger partial charge in [-0.1, -0.05) is 49.1 Å². The van der Waals surface area contributed by atoms with Crippen molar-refractivity contribution in [3.05, 3.63) is 29.8 Å². The van der Waals surface area contributed by atoms with Crippen LogP contribution in [-0.2, 0) is 11.3 Å². The molecule has 1 aromatic carbocycles. The Kier molecular flexibility index (Phi) is 7.71. The summed E-state index contributed by atoms with van der Waals surface area (Å²) in [6.45, 7) is 5.76. The zero-order valence-electron chi connectivity index (χ0n) is 16.0. The molecule has 1 aromatic heterocycles. The van der Waals surface area contributed by atoms with E-state index >= 15 is 0 Å². The Morgan fingerprint density at radius 1 is 1.19 bits per heavy atom. The minimum Gasteiger partial charge on any atom is -0.378 e. The zero-order valence-corrected chi connectivity index (χ0v) is 17.7. The molecular formula is C18H27N5OS2. The molecule has 0 radical (unpaired) electrons. The number of carbonyl (C=O) groups excluding carboxylic acids is 1. The maximum atomic E-state index is 12.4. The first-order chi connectivity index (χ1) is 12.3. The molecule has 0 aliphatic rings. The smallest absolute Gasteiger partial charge is 0.233 e. The van der Waals surface area contributed by atoms with E-state index in [1.807, 2.05) is 21.1 Å². The van der Waals surface area contributed by atoms with Crippen molar-refractivity contribution in [1.29, 1.82) is 0 Å². The molecule has 8 heteroatoms. The van der Waals surface area contributed by atoms with Gasteiger partial charge in [-0.15, -0.1) is 10.2 Å². The van der Waals surface area contributed by atoms with Crippen molar-refractivity contribution in [2.75, 3.05) is 43.7 Å². The number of amides is 1. The predicted molar refractivity (Wildman–Crippen MR) is 111 cm³/mol. The third kappa shape index (κ3) is 6.49. The molecule has 26 heavy (non-hydrogen) atoms. The molecule has 0 saturated heterocycles. The van der Waals surface area contributed by atoms with E-state index in [2.05, 4.69) is 58.5 Å². The lowest BCUT2D eigenvalue weighted by Gasteiger charge is -2.18. The van der Waals surface area contributed by atoms with Gasteiger partial charge in [-0.05, 0) is 23.6 Å². The topological polar surface area (TPSA) is 61.4 Å². The fourth-order valence-corrected chi connectivity index (χ4v) is 3.83. The first kappa shape index (κ1) is 20.5. The van der Waals surface area contributed by atoms with Crippen LogP contribution in [0.15, 0.2) is 28.6 Å². The van der Waals surface area contributed by atoms with Gasteiger partial charge < -0.3 is 15.1 Å². The molecule has 1 heterocycles. The normalized spacial score (nSPS) is 10.8. The average molecular weight is 394 g/mol. The SMILES string of the molecule is CC(C)CNc1nnc(SCC(=O)N(C)Cc2ccc(N(C)C)cc2)s1. The summed E-state index contributed by atoms with van der Waals surface area (Å²) in [6, 6.07) is 8.25. The molecule has 0 atom stereocenters. The molecule has 2 aromatic rings. The van der Waals surface area contributed by atoms with Gasteiger partial charge in [0.15, 0.2) is 4.34 Å². The van der Waals surface area contributed by atoms with Gasteiger partial charge in [0.25, 0.3) is 0 Å². The molecule has 0 aliphatic heterocycles. The molecule has 0 unspecified atom stereocenters. The molecule has 0 saturated carbocycles. The number of nitrogens with one attached hydrogen (secondary N) is 1. The molecule has 0 bridgehead atoms. The number of benzene rings is 1. The molecule has 2 rings (SSSR count).